The predicted octanol–water partition coefficient (Wildman–Crippen LogP) is 3.45. The molecule has 246 valence electrons. The van der Waals surface area contributed by atoms with Gasteiger partial charge in [0.2, 0.25) is 26.0 Å². The smallest absolute Gasteiger partial charge is 0.406 e. The molecule has 0 unspecified atom stereocenters. The summed E-state index contributed by atoms with van der Waals surface area (Å²) in [4.78, 5) is 31.6. The van der Waals surface area contributed by atoms with Crippen molar-refractivity contribution in [1.29, 1.82) is 0 Å². The fourth-order valence-electron chi connectivity index (χ4n) is 4.54. The van der Waals surface area contributed by atoms with Crippen LogP contribution in [0.4, 0.5) is 31.5 Å². The number of carbonyl (C=O) groups excluding carboxylic acids is 1. The van der Waals surface area contributed by atoms with Gasteiger partial charge in [0.05, 0.1) is 4.90 Å². The standard InChI is InChI=1S/C26H22F6N6O6S2/c1-15-12-21(39)38-23(34-15)45-24(35-38)36-10-11-37(46(41,42)19-8-6-18(7-9-19)44-26(30,31)32)20(14-36)22(40)33-13-16-2-4-17(5-3-16)43-25(27,28)29/h2-9,12,20H,10-11,13-14H2,1H3,(H,33,40)/t20-/m1/s1. The number of hydrogen-bond donors (Lipinski definition) is 1. The third kappa shape index (κ3) is 7.68. The molecule has 0 radical (unpaired) electrons. The van der Waals surface area contributed by atoms with Crippen LogP contribution in [-0.4, -0.2) is 71.6 Å². The molecule has 0 aliphatic carbocycles. The molecular weight excluding hydrogens is 670 g/mol. The summed E-state index contributed by atoms with van der Waals surface area (Å²) >= 11 is 1.04. The maximum absolute atomic E-state index is 13.7. The quantitative estimate of drug-likeness (QED) is 0.276. The number of amides is 1. The molecule has 0 bridgehead atoms. The summed E-state index contributed by atoms with van der Waals surface area (Å²) < 4.78 is 112. The molecule has 0 saturated carbocycles. The average Bonchev–Trinajstić information content (AvgIpc) is 3.39. The predicted molar refractivity (Wildman–Crippen MR) is 150 cm³/mol. The fraction of sp³-hybridized carbons (Fsp3) is 0.308. The van der Waals surface area contributed by atoms with Gasteiger partial charge in [-0.1, -0.05) is 23.5 Å². The molecule has 2 aromatic carbocycles. The summed E-state index contributed by atoms with van der Waals surface area (Å²) in [6.45, 7) is 0.947. The van der Waals surface area contributed by atoms with Crippen molar-refractivity contribution in [2.75, 3.05) is 24.5 Å². The zero-order chi connectivity index (χ0) is 33.4. The summed E-state index contributed by atoms with van der Waals surface area (Å²) in [5.41, 5.74) is 0.389. The highest BCUT2D eigenvalue weighted by Crippen LogP contribution is 2.30. The van der Waals surface area contributed by atoms with Gasteiger partial charge in [-0.3, -0.25) is 9.59 Å². The summed E-state index contributed by atoms with van der Waals surface area (Å²) in [6.07, 6.45) is -9.89. The van der Waals surface area contributed by atoms with E-state index in [4.69, 9.17) is 0 Å². The van der Waals surface area contributed by atoms with Crippen LogP contribution in [0.3, 0.4) is 0 Å². The zero-order valence-corrected chi connectivity index (χ0v) is 25.0. The number of sulfonamides is 1. The van der Waals surface area contributed by atoms with Crippen LogP contribution in [0.25, 0.3) is 4.96 Å². The van der Waals surface area contributed by atoms with Crippen molar-refractivity contribution in [2.24, 2.45) is 0 Å². The van der Waals surface area contributed by atoms with E-state index in [9.17, 15) is 44.3 Å². The number of nitrogens with one attached hydrogen (secondary N) is 1. The first-order valence-electron chi connectivity index (χ1n) is 13.1. The summed E-state index contributed by atoms with van der Waals surface area (Å²) in [5, 5.41) is 7.12. The Labute approximate surface area is 259 Å². The van der Waals surface area contributed by atoms with Crippen LogP contribution in [0.2, 0.25) is 0 Å². The molecule has 12 nitrogen and oxygen atoms in total. The first-order valence-corrected chi connectivity index (χ1v) is 15.4. The monoisotopic (exact) mass is 692 g/mol. The molecule has 20 heteroatoms. The van der Waals surface area contributed by atoms with E-state index in [1.54, 1.807) is 11.8 Å². The Balaban J connectivity index is 1.40. The topological polar surface area (TPSA) is 135 Å². The molecule has 1 N–H and O–H groups in total. The number of aromatic nitrogens is 3. The Hall–Kier alpha value is -4.43. The molecule has 46 heavy (non-hydrogen) atoms. The Morgan fingerprint density at radius 2 is 1.57 bits per heavy atom. The number of rotatable bonds is 8. The normalized spacial score (nSPS) is 16.4. The van der Waals surface area contributed by atoms with Crippen LogP contribution in [0.5, 0.6) is 11.5 Å². The number of anilines is 1. The van der Waals surface area contributed by atoms with Crippen LogP contribution < -0.4 is 25.2 Å². The third-order valence-electron chi connectivity index (χ3n) is 6.55. The Morgan fingerprint density at radius 3 is 2.15 bits per heavy atom. The zero-order valence-electron chi connectivity index (χ0n) is 23.4. The third-order valence-corrected chi connectivity index (χ3v) is 9.45. The average molecular weight is 693 g/mol. The summed E-state index contributed by atoms with van der Waals surface area (Å²) in [6, 6.07) is 8.00. The van der Waals surface area contributed by atoms with E-state index in [2.05, 4.69) is 24.9 Å². The Bertz CT molecular complexity index is 1900. The lowest BCUT2D eigenvalue weighted by atomic mass is 10.2. The number of ether oxygens (including phenoxy) is 2. The Morgan fingerprint density at radius 1 is 0.978 bits per heavy atom. The molecule has 1 amide bonds. The van der Waals surface area contributed by atoms with Gasteiger partial charge in [0.25, 0.3) is 5.56 Å². The second-order valence-corrected chi connectivity index (χ2v) is 12.6. The van der Waals surface area contributed by atoms with Crippen LogP contribution in [0.15, 0.2) is 64.3 Å². The van der Waals surface area contributed by atoms with E-state index in [0.29, 0.717) is 11.3 Å². The van der Waals surface area contributed by atoms with Gasteiger partial charge < -0.3 is 19.7 Å². The highest BCUT2D eigenvalue weighted by molar-refractivity contribution is 7.89. The van der Waals surface area contributed by atoms with Crippen LogP contribution >= 0.6 is 11.3 Å². The van der Waals surface area contributed by atoms with E-state index in [-0.39, 0.29) is 36.3 Å². The Kier molecular flexibility index (Phi) is 8.88. The largest absolute Gasteiger partial charge is 0.573 e. The first-order chi connectivity index (χ1) is 21.5. The van der Waals surface area contributed by atoms with Crippen molar-refractivity contribution in [2.45, 2.75) is 37.1 Å². The van der Waals surface area contributed by atoms with Gasteiger partial charge in [0.15, 0.2) is 0 Å². The molecule has 2 aromatic heterocycles. The minimum absolute atomic E-state index is 0.0203. The van der Waals surface area contributed by atoms with Crippen LogP contribution in [0, 0.1) is 6.92 Å². The van der Waals surface area contributed by atoms with Crippen LogP contribution in [0.1, 0.15) is 11.3 Å². The van der Waals surface area contributed by atoms with Crippen molar-refractivity contribution in [1.82, 2.24) is 24.2 Å². The van der Waals surface area contributed by atoms with Crippen molar-refractivity contribution < 1.29 is 49.0 Å². The highest BCUT2D eigenvalue weighted by Gasteiger charge is 2.41. The second-order valence-electron chi connectivity index (χ2n) is 9.82. The molecular formula is C26H22F6N6O6S2. The van der Waals surface area contributed by atoms with Gasteiger partial charge in [-0.05, 0) is 48.9 Å². The lowest BCUT2D eigenvalue weighted by Crippen LogP contribution is -2.60. The minimum atomic E-state index is -4.99. The van der Waals surface area contributed by atoms with Gasteiger partial charge in [0.1, 0.15) is 17.5 Å². The van der Waals surface area contributed by atoms with Gasteiger partial charge in [-0.25, -0.2) is 13.4 Å². The van der Waals surface area contributed by atoms with Crippen molar-refractivity contribution >= 4 is 37.4 Å². The molecule has 1 saturated heterocycles. The van der Waals surface area contributed by atoms with E-state index in [1.165, 1.54) is 18.2 Å². The maximum Gasteiger partial charge on any atom is 0.573 e. The maximum atomic E-state index is 13.7. The minimum Gasteiger partial charge on any atom is -0.406 e. The number of benzene rings is 2. The molecule has 4 aromatic rings. The molecule has 0 spiro atoms. The molecule has 1 aliphatic rings. The number of halogens is 6. The molecule has 1 atom stereocenters. The van der Waals surface area contributed by atoms with Gasteiger partial charge >= 0.3 is 12.7 Å². The molecule has 1 fully saturated rings. The second kappa shape index (κ2) is 12.4. The number of nitrogens with zero attached hydrogens (tertiary/aromatic N) is 5. The van der Waals surface area contributed by atoms with Gasteiger partial charge in [-0.2, -0.15) is 8.82 Å². The SMILES string of the molecule is Cc1cc(=O)n2nc(N3CCN(S(=O)(=O)c4ccc(OC(F)(F)F)cc4)[C@@H](C(=O)NCc4ccc(OC(F)(F)F)cc4)C3)sc2n1. The first kappa shape index (κ1) is 32.9. The highest BCUT2D eigenvalue weighted by atomic mass is 32.2. The fourth-order valence-corrected chi connectivity index (χ4v) is 7.10. The number of carbonyl (C=O) groups is 1. The van der Waals surface area contributed by atoms with E-state index >= 15 is 0 Å². The summed E-state index contributed by atoms with van der Waals surface area (Å²) in [7, 11) is -4.46. The number of fused-ring (bicyclic) bond motifs is 1. The van der Waals surface area contributed by atoms with E-state index in [1.807, 2.05) is 0 Å². The van der Waals surface area contributed by atoms with E-state index in [0.717, 1.165) is 56.6 Å². The molecule has 1 aliphatic heterocycles. The number of piperazine rings is 1. The van der Waals surface area contributed by atoms with Crippen molar-refractivity contribution in [3.63, 3.8) is 0 Å². The number of hydrogen-bond acceptors (Lipinski definition) is 10. The lowest BCUT2D eigenvalue weighted by Gasteiger charge is -2.39. The van der Waals surface area contributed by atoms with E-state index < -0.39 is 56.7 Å². The number of alkyl halides is 6. The van der Waals surface area contributed by atoms with Crippen molar-refractivity contribution in [3.05, 3.63) is 76.2 Å². The van der Waals surface area contributed by atoms with Gasteiger partial charge in [0, 0.05) is 37.9 Å². The molecule has 5 rings (SSSR count). The van der Waals surface area contributed by atoms with Crippen molar-refractivity contribution in [3.8, 4) is 11.5 Å². The van der Waals surface area contributed by atoms with Crippen LogP contribution in [-0.2, 0) is 21.4 Å². The lowest BCUT2D eigenvalue weighted by molar-refractivity contribution is -0.275. The van der Waals surface area contributed by atoms with Gasteiger partial charge in [-0.15, -0.1) is 31.4 Å². The number of aryl methyl sites for hydroxylation is 1. The molecule has 3 heterocycles. The summed E-state index contributed by atoms with van der Waals surface area (Å²) in [5.74, 6) is -1.91.